The fourth-order valence-electron chi connectivity index (χ4n) is 2.10. The van der Waals surface area contributed by atoms with Crippen molar-refractivity contribution >= 4 is 44.8 Å². The summed E-state index contributed by atoms with van der Waals surface area (Å²) in [6, 6.07) is 11.1. The number of thiazole rings is 1. The number of nitrogens with two attached hydrogens (primary N) is 1. The highest BCUT2D eigenvalue weighted by atomic mass is 79.9. The Labute approximate surface area is 157 Å². The van der Waals surface area contributed by atoms with Gasteiger partial charge in [0.15, 0.2) is 5.01 Å². The van der Waals surface area contributed by atoms with Crippen LogP contribution in [0.25, 0.3) is 0 Å². The molecule has 0 aliphatic rings. The largest absolute Gasteiger partial charge is 0.383 e. The highest BCUT2D eigenvalue weighted by Gasteiger charge is 2.19. The maximum Gasteiger partial charge on any atom is 0.263 e. The molecular weight excluding hydrogens is 404 g/mol. The zero-order valence-corrected chi connectivity index (χ0v) is 15.3. The number of hydrogen-bond donors (Lipinski definition) is 2. The van der Waals surface area contributed by atoms with E-state index in [-0.39, 0.29) is 29.5 Å². The monoisotopic (exact) mass is 418 g/mol. The molecule has 0 saturated carbocycles. The molecule has 0 bridgehead atoms. The highest BCUT2D eigenvalue weighted by Crippen LogP contribution is 2.22. The van der Waals surface area contributed by atoms with Crippen LogP contribution in [0, 0.1) is 0 Å². The van der Waals surface area contributed by atoms with Crippen molar-refractivity contribution in [3.8, 4) is 0 Å². The molecule has 3 rings (SSSR count). The van der Waals surface area contributed by atoms with Gasteiger partial charge in [-0.15, -0.1) is 11.3 Å². The Kier molecular flexibility index (Phi) is 5.20. The number of nitrogens with one attached hydrogen (secondary N) is 1. The van der Waals surface area contributed by atoms with E-state index in [0.717, 1.165) is 16.9 Å². The molecule has 0 aliphatic heterocycles. The second-order valence-electron chi connectivity index (χ2n) is 5.11. The number of nitrogen functional groups attached to an aromatic ring is 1. The van der Waals surface area contributed by atoms with Crippen molar-refractivity contribution in [2.75, 3.05) is 5.73 Å². The Hall–Kier alpha value is -2.58. The molecular formula is C17H15BrN4O2S. The van der Waals surface area contributed by atoms with Gasteiger partial charge in [0, 0.05) is 18.6 Å². The van der Waals surface area contributed by atoms with E-state index in [2.05, 4.69) is 31.2 Å². The summed E-state index contributed by atoms with van der Waals surface area (Å²) >= 11 is 4.28. The number of anilines is 1. The van der Waals surface area contributed by atoms with Crippen molar-refractivity contribution in [3.63, 3.8) is 0 Å². The number of nitrogens with zero attached hydrogens (tertiary/aromatic N) is 2. The summed E-state index contributed by atoms with van der Waals surface area (Å²) in [6.07, 6.45) is 2.90. The first-order valence-corrected chi connectivity index (χ1v) is 8.89. The molecule has 0 spiro atoms. The molecule has 0 aliphatic carbocycles. The first-order chi connectivity index (χ1) is 12.0. The fraction of sp³-hybridized carbons (Fsp3) is 0.0588. The fourth-order valence-corrected chi connectivity index (χ4v) is 3.21. The maximum absolute atomic E-state index is 12.5. The molecule has 0 unspecified atom stereocenters. The number of aromatic nitrogens is 2. The number of benzene rings is 1. The van der Waals surface area contributed by atoms with Crippen LogP contribution in [0.5, 0.6) is 0 Å². The number of carbonyl (C=O) groups excluding carboxylic acids is 2. The van der Waals surface area contributed by atoms with E-state index in [9.17, 15) is 9.59 Å². The summed E-state index contributed by atoms with van der Waals surface area (Å²) in [5, 5.41) is 2.99. The van der Waals surface area contributed by atoms with E-state index in [1.54, 1.807) is 6.07 Å². The van der Waals surface area contributed by atoms with Crippen molar-refractivity contribution in [2.24, 2.45) is 0 Å². The van der Waals surface area contributed by atoms with Crippen LogP contribution in [-0.4, -0.2) is 21.7 Å². The first-order valence-electron chi connectivity index (χ1n) is 7.28. The summed E-state index contributed by atoms with van der Waals surface area (Å²) in [6.45, 7) is 0.406. The molecule has 3 aromatic rings. The van der Waals surface area contributed by atoms with E-state index in [0.29, 0.717) is 15.9 Å². The van der Waals surface area contributed by atoms with Gasteiger partial charge in [0.25, 0.3) is 5.91 Å². The summed E-state index contributed by atoms with van der Waals surface area (Å²) in [5.74, 6) is -0.516. The third kappa shape index (κ3) is 4.09. The number of rotatable bonds is 5. The molecule has 0 fully saturated rings. The van der Waals surface area contributed by atoms with Crippen LogP contribution < -0.4 is 11.1 Å². The van der Waals surface area contributed by atoms with Gasteiger partial charge in [-0.2, -0.15) is 0 Å². The lowest BCUT2D eigenvalue weighted by Gasteiger charge is -2.03. The standard InChI is InChI=1S/C17H13BrN4O2S.H2/c18-11-6-12(15(19)20-8-11)14(23)17-22-9-13(25-17)16(24)21-7-10-4-2-1-3-5-10;/h1-6,8-9H,7H2,(H2,19,20)(H,21,24);1H. The van der Waals surface area contributed by atoms with Crippen LogP contribution in [0.4, 0.5) is 5.82 Å². The van der Waals surface area contributed by atoms with E-state index >= 15 is 0 Å². The Morgan fingerprint density at radius 3 is 2.72 bits per heavy atom. The molecule has 6 nitrogen and oxygen atoms in total. The number of carbonyl (C=O) groups is 2. The lowest BCUT2D eigenvalue weighted by Crippen LogP contribution is -2.21. The van der Waals surface area contributed by atoms with Gasteiger partial charge in [0.2, 0.25) is 5.78 Å². The molecule has 2 heterocycles. The predicted octanol–water partition coefficient (Wildman–Crippen LogP) is 3.29. The Bertz CT molecular complexity index is 934. The molecule has 25 heavy (non-hydrogen) atoms. The summed E-state index contributed by atoms with van der Waals surface area (Å²) in [7, 11) is 0. The van der Waals surface area contributed by atoms with Gasteiger partial charge in [-0.1, -0.05) is 30.3 Å². The van der Waals surface area contributed by atoms with Gasteiger partial charge in [-0.05, 0) is 27.6 Å². The van der Waals surface area contributed by atoms with Gasteiger partial charge in [-0.25, -0.2) is 9.97 Å². The van der Waals surface area contributed by atoms with Crippen LogP contribution in [0.15, 0.2) is 53.3 Å². The van der Waals surface area contributed by atoms with Gasteiger partial charge < -0.3 is 11.1 Å². The van der Waals surface area contributed by atoms with Gasteiger partial charge in [-0.3, -0.25) is 9.59 Å². The minimum atomic E-state index is -0.363. The van der Waals surface area contributed by atoms with Gasteiger partial charge >= 0.3 is 0 Å². The number of ketones is 1. The number of amides is 1. The van der Waals surface area contributed by atoms with Crippen molar-refractivity contribution in [1.82, 2.24) is 15.3 Å². The van der Waals surface area contributed by atoms with E-state index in [1.165, 1.54) is 12.4 Å². The predicted molar refractivity (Wildman–Crippen MR) is 102 cm³/mol. The third-order valence-corrected chi connectivity index (χ3v) is 4.78. The molecule has 2 aromatic heterocycles. The third-order valence-electron chi connectivity index (χ3n) is 3.35. The number of hydrogen-bond acceptors (Lipinski definition) is 6. The molecule has 128 valence electrons. The van der Waals surface area contributed by atoms with Crippen molar-refractivity contribution in [1.29, 1.82) is 0 Å². The molecule has 0 saturated heterocycles. The SMILES string of the molecule is Nc1ncc(Br)cc1C(=O)c1ncc(C(=O)NCc2ccccc2)s1.[HH]. The molecule has 3 N–H and O–H groups in total. The average molecular weight is 419 g/mol. The van der Waals surface area contributed by atoms with Crippen LogP contribution >= 0.6 is 27.3 Å². The summed E-state index contributed by atoms with van der Waals surface area (Å²) < 4.78 is 0.641. The van der Waals surface area contributed by atoms with Gasteiger partial charge in [0.05, 0.1) is 11.8 Å². The second kappa shape index (κ2) is 7.54. The van der Waals surface area contributed by atoms with E-state index in [1.807, 2.05) is 30.3 Å². The van der Waals surface area contributed by atoms with Crippen molar-refractivity contribution in [3.05, 3.63) is 74.3 Å². The van der Waals surface area contributed by atoms with Crippen LogP contribution in [-0.2, 0) is 6.54 Å². The Morgan fingerprint density at radius 1 is 1.20 bits per heavy atom. The van der Waals surface area contributed by atoms with Crippen LogP contribution in [0.1, 0.15) is 32.0 Å². The van der Waals surface area contributed by atoms with Crippen LogP contribution in [0.3, 0.4) is 0 Å². The van der Waals surface area contributed by atoms with Crippen molar-refractivity contribution in [2.45, 2.75) is 6.54 Å². The summed E-state index contributed by atoms with van der Waals surface area (Å²) in [4.78, 5) is 33.1. The second-order valence-corrected chi connectivity index (χ2v) is 7.06. The van der Waals surface area contributed by atoms with E-state index in [4.69, 9.17) is 5.73 Å². The van der Waals surface area contributed by atoms with Crippen molar-refractivity contribution < 1.29 is 11.0 Å². The normalized spacial score (nSPS) is 10.4. The average Bonchev–Trinajstić information content (AvgIpc) is 3.12. The lowest BCUT2D eigenvalue weighted by molar-refractivity contribution is 0.0954. The summed E-state index contributed by atoms with van der Waals surface area (Å²) in [5.41, 5.74) is 6.99. The topological polar surface area (TPSA) is 98.0 Å². The highest BCUT2D eigenvalue weighted by molar-refractivity contribution is 9.10. The zero-order chi connectivity index (χ0) is 17.8. The Morgan fingerprint density at radius 2 is 1.96 bits per heavy atom. The smallest absolute Gasteiger partial charge is 0.263 e. The maximum atomic E-state index is 12.5. The Balaban J connectivity index is 0.00000243. The number of pyridine rings is 1. The zero-order valence-electron chi connectivity index (χ0n) is 12.9. The molecule has 1 aromatic carbocycles. The van der Waals surface area contributed by atoms with Gasteiger partial charge in [0.1, 0.15) is 10.7 Å². The minimum Gasteiger partial charge on any atom is -0.383 e. The van der Waals surface area contributed by atoms with E-state index < -0.39 is 0 Å². The molecule has 0 radical (unpaired) electrons. The minimum absolute atomic E-state index is 0. The number of halogens is 1. The first kappa shape index (κ1) is 17.2. The molecule has 1 amide bonds. The molecule has 8 heteroatoms. The quantitative estimate of drug-likeness (QED) is 0.619. The lowest BCUT2D eigenvalue weighted by atomic mass is 10.2. The molecule has 0 atom stereocenters. The van der Waals surface area contributed by atoms with Crippen LogP contribution in [0.2, 0.25) is 0 Å².